The molecule has 0 saturated heterocycles. The Hall–Kier alpha value is -2.37. The van der Waals surface area contributed by atoms with Crippen LogP contribution in [-0.4, -0.2) is 37.2 Å². The van der Waals surface area contributed by atoms with E-state index in [4.69, 9.17) is 14.3 Å². The third-order valence-corrected chi connectivity index (χ3v) is 4.93. The molecule has 2 aromatic carbocycles. The average Bonchev–Trinajstić information content (AvgIpc) is 3.25. The Morgan fingerprint density at radius 3 is 2.68 bits per heavy atom. The van der Waals surface area contributed by atoms with Crippen LogP contribution < -0.4 is 4.74 Å². The van der Waals surface area contributed by atoms with E-state index in [1.807, 2.05) is 24.3 Å². The number of methoxy groups -OCH3 is 1. The van der Waals surface area contributed by atoms with E-state index in [0.29, 0.717) is 13.2 Å². The van der Waals surface area contributed by atoms with Gasteiger partial charge >= 0.3 is 0 Å². The molecule has 0 amide bonds. The van der Waals surface area contributed by atoms with Crippen molar-refractivity contribution in [2.24, 2.45) is 5.16 Å². The number of aliphatic hydroxyl groups is 1. The molecule has 2 unspecified atom stereocenters. The van der Waals surface area contributed by atoms with Crippen molar-refractivity contribution in [3.8, 4) is 5.75 Å². The first-order valence-corrected chi connectivity index (χ1v) is 9.87. The molecule has 1 aliphatic rings. The third-order valence-electron chi connectivity index (χ3n) is 4.93. The first-order chi connectivity index (χ1) is 13.7. The van der Waals surface area contributed by atoms with Crippen LogP contribution in [0.3, 0.4) is 0 Å². The predicted molar refractivity (Wildman–Crippen MR) is 110 cm³/mol. The van der Waals surface area contributed by atoms with Crippen molar-refractivity contribution in [3.05, 3.63) is 65.2 Å². The Balaban J connectivity index is 1.54. The average molecular weight is 383 g/mol. The first-order valence-electron chi connectivity index (χ1n) is 9.87. The van der Waals surface area contributed by atoms with Gasteiger partial charge in [-0.15, -0.1) is 0 Å². The van der Waals surface area contributed by atoms with Crippen LogP contribution in [0, 0.1) is 0 Å². The Morgan fingerprint density at radius 1 is 1.18 bits per heavy atom. The van der Waals surface area contributed by atoms with E-state index in [0.717, 1.165) is 48.3 Å². The lowest BCUT2D eigenvalue weighted by atomic mass is 10.0. The molecular weight excluding hydrogens is 354 g/mol. The maximum absolute atomic E-state index is 9.99. The van der Waals surface area contributed by atoms with Gasteiger partial charge in [-0.3, -0.25) is 0 Å². The minimum Gasteiger partial charge on any atom is -0.494 e. The SMILES string of the molecule is COC(CCCOc1cc(C2=NOCC2)cc(C(C)O)c1)Cc1ccccc1. The summed E-state index contributed by atoms with van der Waals surface area (Å²) in [5.74, 6) is 0.750. The summed E-state index contributed by atoms with van der Waals surface area (Å²) in [5.41, 5.74) is 3.95. The highest BCUT2D eigenvalue weighted by Gasteiger charge is 2.15. The molecule has 3 rings (SSSR count). The molecule has 5 heteroatoms. The molecule has 150 valence electrons. The van der Waals surface area contributed by atoms with Crippen molar-refractivity contribution < 1.29 is 19.4 Å². The molecule has 28 heavy (non-hydrogen) atoms. The maximum Gasteiger partial charge on any atom is 0.122 e. The highest BCUT2D eigenvalue weighted by molar-refractivity contribution is 6.01. The van der Waals surface area contributed by atoms with Gasteiger partial charge in [0.2, 0.25) is 0 Å². The minimum atomic E-state index is -0.561. The van der Waals surface area contributed by atoms with Crippen LogP contribution in [-0.2, 0) is 16.0 Å². The molecule has 0 bridgehead atoms. The first kappa shape index (κ1) is 20.4. The number of rotatable bonds is 10. The van der Waals surface area contributed by atoms with Crippen molar-refractivity contribution in [3.63, 3.8) is 0 Å². The number of hydrogen-bond donors (Lipinski definition) is 1. The standard InChI is InChI=1S/C23H29NO4/c1-17(25)19-14-20(23-10-12-28-24-23)16-22(15-19)27-11-6-9-21(26-2)13-18-7-4-3-5-8-18/h3-5,7-8,14-17,21,25H,6,9-13H2,1-2H3. The lowest BCUT2D eigenvalue weighted by molar-refractivity contribution is 0.0894. The maximum atomic E-state index is 9.99. The summed E-state index contributed by atoms with van der Waals surface area (Å²) in [6.07, 6.45) is 3.11. The van der Waals surface area contributed by atoms with Gasteiger partial charge in [0.25, 0.3) is 0 Å². The highest BCUT2D eigenvalue weighted by Crippen LogP contribution is 2.25. The number of oxime groups is 1. The largest absolute Gasteiger partial charge is 0.494 e. The van der Waals surface area contributed by atoms with Crippen LogP contribution in [0.1, 0.15) is 49.0 Å². The van der Waals surface area contributed by atoms with Crippen molar-refractivity contribution >= 4 is 5.71 Å². The molecule has 0 fully saturated rings. The molecule has 0 radical (unpaired) electrons. The van der Waals surface area contributed by atoms with E-state index in [2.05, 4.69) is 29.4 Å². The van der Waals surface area contributed by atoms with E-state index < -0.39 is 6.10 Å². The van der Waals surface area contributed by atoms with Crippen LogP contribution in [0.5, 0.6) is 5.75 Å². The number of benzene rings is 2. The van der Waals surface area contributed by atoms with Crippen molar-refractivity contribution in [1.82, 2.24) is 0 Å². The second-order valence-electron chi connectivity index (χ2n) is 7.13. The van der Waals surface area contributed by atoms with Gasteiger partial charge in [-0.2, -0.15) is 0 Å². The van der Waals surface area contributed by atoms with Crippen LogP contribution in [0.15, 0.2) is 53.7 Å². The van der Waals surface area contributed by atoms with E-state index in [9.17, 15) is 5.11 Å². The number of hydrogen-bond acceptors (Lipinski definition) is 5. The summed E-state index contributed by atoms with van der Waals surface area (Å²) in [6, 6.07) is 16.2. The monoisotopic (exact) mass is 383 g/mol. The summed E-state index contributed by atoms with van der Waals surface area (Å²) >= 11 is 0. The van der Waals surface area contributed by atoms with E-state index in [1.54, 1.807) is 14.0 Å². The van der Waals surface area contributed by atoms with Crippen molar-refractivity contribution in [1.29, 1.82) is 0 Å². The number of ether oxygens (including phenoxy) is 2. The Morgan fingerprint density at radius 2 is 2.00 bits per heavy atom. The second kappa shape index (κ2) is 10.2. The van der Waals surface area contributed by atoms with Crippen molar-refractivity contribution in [2.45, 2.75) is 44.8 Å². The lowest BCUT2D eigenvalue weighted by Crippen LogP contribution is -2.15. The molecule has 0 spiro atoms. The third kappa shape index (κ3) is 5.81. The molecule has 0 saturated carbocycles. The number of aliphatic hydroxyl groups excluding tert-OH is 1. The van der Waals surface area contributed by atoms with Gasteiger partial charge in [0.15, 0.2) is 0 Å². The van der Waals surface area contributed by atoms with Gasteiger partial charge in [0.05, 0.1) is 24.5 Å². The number of nitrogens with zero attached hydrogens (tertiary/aromatic N) is 1. The fourth-order valence-electron chi connectivity index (χ4n) is 3.30. The summed E-state index contributed by atoms with van der Waals surface area (Å²) in [6.45, 7) is 2.95. The smallest absolute Gasteiger partial charge is 0.122 e. The molecule has 0 aromatic heterocycles. The molecule has 2 aromatic rings. The molecule has 1 aliphatic heterocycles. The summed E-state index contributed by atoms with van der Waals surface area (Å²) in [4.78, 5) is 5.11. The Labute approximate surface area is 166 Å². The van der Waals surface area contributed by atoms with Gasteiger partial charge in [-0.25, -0.2) is 0 Å². The highest BCUT2D eigenvalue weighted by atomic mass is 16.6. The zero-order valence-electron chi connectivity index (χ0n) is 16.6. The summed E-state index contributed by atoms with van der Waals surface area (Å²) in [5, 5.41) is 14.1. The van der Waals surface area contributed by atoms with Gasteiger partial charge in [0, 0.05) is 19.1 Å². The molecule has 1 heterocycles. The van der Waals surface area contributed by atoms with Gasteiger partial charge in [-0.1, -0.05) is 35.5 Å². The fourth-order valence-corrected chi connectivity index (χ4v) is 3.30. The molecule has 1 N–H and O–H groups in total. The molecule has 5 nitrogen and oxygen atoms in total. The van der Waals surface area contributed by atoms with Crippen LogP contribution >= 0.6 is 0 Å². The summed E-state index contributed by atoms with van der Waals surface area (Å²) in [7, 11) is 1.76. The predicted octanol–water partition coefficient (Wildman–Crippen LogP) is 4.28. The van der Waals surface area contributed by atoms with E-state index in [1.165, 1.54) is 5.56 Å². The van der Waals surface area contributed by atoms with E-state index in [-0.39, 0.29) is 6.10 Å². The summed E-state index contributed by atoms with van der Waals surface area (Å²) < 4.78 is 11.6. The lowest BCUT2D eigenvalue weighted by Gasteiger charge is -2.16. The van der Waals surface area contributed by atoms with Gasteiger partial charge in [0.1, 0.15) is 12.4 Å². The van der Waals surface area contributed by atoms with Crippen LogP contribution in [0.2, 0.25) is 0 Å². The fraction of sp³-hybridized carbons (Fsp3) is 0.435. The van der Waals surface area contributed by atoms with Crippen LogP contribution in [0.4, 0.5) is 0 Å². The zero-order valence-corrected chi connectivity index (χ0v) is 16.6. The molecule has 0 aliphatic carbocycles. The quantitative estimate of drug-likeness (QED) is 0.622. The van der Waals surface area contributed by atoms with E-state index >= 15 is 0 Å². The minimum absolute atomic E-state index is 0.176. The van der Waals surface area contributed by atoms with Gasteiger partial charge < -0.3 is 19.4 Å². The molecular formula is C23H29NO4. The van der Waals surface area contributed by atoms with Crippen molar-refractivity contribution in [2.75, 3.05) is 20.3 Å². The van der Waals surface area contributed by atoms with Crippen LogP contribution in [0.25, 0.3) is 0 Å². The van der Waals surface area contributed by atoms with Gasteiger partial charge in [-0.05, 0) is 55.5 Å². The Bertz CT molecular complexity index is 773. The topological polar surface area (TPSA) is 60.3 Å². The Kier molecular flexibility index (Phi) is 7.46. The molecule has 2 atom stereocenters. The normalized spacial score (nSPS) is 15.6. The zero-order chi connectivity index (χ0) is 19.8. The second-order valence-corrected chi connectivity index (χ2v) is 7.13.